The van der Waals surface area contributed by atoms with Crippen LogP contribution in [0.5, 0.6) is 0 Å². The molecule has 0 aromatic carbocycles. The molecule has 1 aromatic rings. The molecular weight excluding hydrogens is 138 g/mol. The number of fused-ring (bicyclic) bond motifs is 1. The molecule has 1 unspecified atom stereocenters. The van der Waals surface area contributed by atoms with Crippen LogP contribution in [-0.2, 0) is 0 Å². The van der Waals surface area contributed by atoms with Gasteiger partial charge >= 0.3 is 0 Å². The van der Waals surface area contributed by atoms with Crippen molar-refractivity contribution < 1.29 is 0 Å². The molecule has 2 heterocycles. The van der Waals surface area contributed by atoms with Gasteiger partial charge in [-0.2, -0.15) is 0 Å². The fourth-order valence-corrected chi connectivity index (χ4v) is 1.02. The lowest BCUT2D eigenvalue weighted by Gasteiger charge is -1.91. The third-order valence-electron chi connectivity index (χ3n) is 1.67. The Hall–Kier alpha value is -1.38. The average molecular weight is 147 g/mol. The Morgan fingerprint density at radius 1 is 1.55 bits per heavy atom. The highest BCUT2D eigenvalue weighted by Gasteiger charge is 2.03. The molecule has 3 nitrogen and oxygen atoms in total. The monoisotopic (exact) mass is 147 g/mol. The largest absolute Gasteiger partial charge is 0.343 e. The Labute approximate surface area is 64.9 Å². The maximum absolute atomic E-state index is 4.25. The summed E-state index contributed by atoms with van der Waals surface area (Å²) in [6.45, 7) is 2.04. The summed E-state index contributed by atoms with van der Waals surface area (Å²) in [7, 11) is 0. The van der Waals surface area contributed by atoms with E-state index in [1.807, 2.05) is 25.3 Å². The number of hydrogen-bond acceptors (Lipinski definition) is 2. The molecule has 1 N–H and O–H groups in total. The fourth-order valence-electron chi connectivity index (χ4n) is 1.02. The molecule has 1 aliphatic heterocycles. The van der Waals surface area contributed by atoms with Crippen molar-refractivity contribution in [2.75, 3.05) is 0 Å². The van der Waals surface area contributed by atoms with E-state index < -0.39 is 0 Å². The number of hydrogen-bond donors (Lipinski definition) is 1. The van der Waals surface area contributed by atoms with Crippen LogP contribution in [0.2, 0.25) is 0 Å². The van der Waals surface area contributed by atoms with Gasteiger partial charge in [0.15, 0.2) is 0 Å². The molecule has 1 aromatic heterocycles. The molecule has 3 heteroatoms. The summed E-state index contributed by atoms with van der Waals surface area (Å²) in [6.07, 6.45) is 7.52. The van der Waals surface area contributed by atoms with Crippen LogP contribution in [0.25, 0.3) is 6.08 Å². The van der Waals surface area contributed by atoms with Crippen LogP contribution < -0.4 is 0 Å². The second kappa shape index (κ2) is 2.34. The molecule has 0 fully saturated rings. The van der Waals surface area contributed by atoms with Crippen molar-refractivity contribution in [3.63, 3.8) is 0 Å². The number of rotatable bonds is 0. The van der Waals surface area contributed by atoms with Crippen molar-refractivity contribution in [3.8, 4) is 0 Å². The molecule has 0 saturated carbocycles. The lowest BCUT2D eigenvalue weighted by Crippen LogP contribution is -1.90. The minimum atomic E-state index is 0.262. The zero-order valence-electron chi connectivity index (χ0n) is 6.28. The van der Waals surface area contributed by atoms with Crippen LogP contribution >= 0.6 is 0 Å². The Bertz CT molecular complexity index is 280. The zero-order valence-corrected chi connectivity index (χ0v) is 6.28. The number of aliphatic imine (C=N–C) groups is 1. The number of imidazole rings is 1. The van der Waals surface area contributed by atoms with Gasteiger partial charge in [0.25, 0.3) is 0 Å². The Kier molecular flexibility index (Phi) is 1.35. The van der Waals surface area contributed by atoms with Crippen LogP contribution in [0, 0.1) is 0 Å². The third kappa shape index (κ3) is 1.09. The van der Waals surface area contributed by atoms with Crippen LogP contribution in [0.3, 0.4) is 0 Å². The number of H-pyrrole nitrogens is 1. The summed E-state index contributed by atoms with van der Waals surface area (Å²) in [5.41, 5.74) is 1.96. The van der Waals surface area contributed by atoms with E-state index >= 15 is 0 Å². The maximum Gasteiger partial charge on any atom is 0.0932 e. The van der Waals surface area contributed by atoms with E-state index in [0.29, 0.717) is 0 Å². The lowest BCUT2D eigenvalue weighted by atomic mass is 10.3. The van der Waals surface area contributed by atoms with Crippen molar-refractivity contribution in [1.82, 2.24) is 9.97 Å². The van der Waals surface area contributed by atoms with E-state index in [1.165, 1.54) is 0 Å². The summed E-state index contributed by atoms with van der Waals surface area (Å²) in [6, 6.07) is 0.262. The van der Waals surface area contributed by atoms with Gasteiger partial charge in [-0.25, -0.2) is 4.98 Å². The van der Waals surface area contributed by atoms with Crippen molar-refractivity contribution in [2.45, 2.75) is 13.0 Å². The Morgan fingerprint density at radius 3 is 3.36 bits per heavy atom. The van der Waals surface area contributed by atoms with Crippen molar-refractivity contribution in [2.24, 2.45) is 4.99 Å². The van der Waals surface area contributed by atoms with Crippen molar-refractivity contribution in [3.05, 3.63) is 23.8 Å². The molecule has 56 valence electrons. The zero-order chi connectivity index (χ0) is 7.68. The van der Waals surface area contributed by atoms with Gasteiger partial charge in [0.2, 0.25) is 0 Å². The average Bonchev–Trinajstić information content (AvgIpc) is 2.38. The van der Waals surface area contributed by atoms with Crippen LogP contribution in [0.4, 0.5) is 0 Å². The van der Waals surface area contributed by atoms with Crippen molar-refractivity contribution >= 4 is 12.3 Å². The van der Waals surface area contributed by atoms with Crippen LogP contribution in [0.1, 0.15) is 18.3 Å². The maximum atomic E-state index is 4.25. The summed E-state index contributed by atoms with van der Waals surface area (Å²) in [4.78, 5) is 11.4. The molecule has 11 heavy (non-hydrogen) atoms. The molecule has 0 saturated heterocycles. The first-order valence-electron chi connectivity index (χ1n) is 3.61. The first-order valence-corrected chi connectivity index (χ1v) is 3.61. The fraction of sp³-hybridized carbons (Fsp3) is 0.250. The molecule has 0 aliphatic carbocycles. The van der Waals surface area contributed by atoms with Gasteiger partial charge in [-0.3, -0.25) is 4.99 Å². The number of nitrogens with zero attached hydrogens (tertiary/aromatic N) is 2. The van der Waals surface area contributed by atoms with Gasteiger partial charge < -0.3 is 4.98 Å². The van der Waals surface area contributed by atoms with E-state index in [-0.39, 0.29) is 6.04 Å². The van der Waals surface area contributed by atoms with Crippen LogP contribution in [-0.4, -0.2) is 22.2 Å². The topological polar surface area (TPSA) is 41.0 Å². The highest BCUT2D eigenvalue weighted by molar-refractivity contribution is 5.83. The second-order valence-electron chi connectivity index (χ2n) is 2.58. The van der Waals surface area contributed by atoms with Gasteiger partial charge in [-0.05, 0) is 13.0 Å². The van der Waals surface area contributed by atoms with Gasteiger partial charge in [-0.1, -0.05) is 6.08 Å². The molecular formula is C8H9N3. The van der Waals surface area contributed by atoms with E-state index in [4.69, 9.17) is 0 Å². The number of aromatic amines is 1. The van der Waals surface area contributed by atoms with Gasteiger partial charge in [0, 0.05) is 6.21 Å². The first-order chi connectivity index (χ1) is 5.36. The van der Waals surface area contributed by atoms with E-state index in [9.17, 15) is 0 Å². The van der Waals surface area contributed by atoms with E-state index in [0.717, 1.165) is 11.4 Å². The predicted octanol–water partition coefficient (Wildman–Crippen LogP) is 1.24. The molecule has 0 bridgehead atoms. The molecule has 0 amide bonds. The minimum absolute atomic E-state index is 0.262. The summed E-state index contributed by atoms with van der Waals surface area (Å²) < 4.78 is 0. The summed E-state index contributed by atoms with van der Waals surface area (Å²) >= 11 is 0. The molecule has 2 rings (SSSR count). The third-order valence-corrected chi connectivity index (χ3v) is 1.67. The Balaban J connectivity index is 2.48. The van der Waals surface area contributed by atoms with Gasteiger partial charge in [-0.15, -0.1) is 0 Å². The number of nitrogens with one attached hydrogen (secondary N) is 1. The van der Waals surface area contributed by atoms with Gasteiger partial charge in [0.1, 0.15) is 0 Å². The van der Waals surface area contributed by atoms with E-state index in [2.05, 4.69) is 15.0 Å². The van der Waals surface area contributed by atoms with Crippen LogP contribution in [0.15, 0.2) is 17.4 Å². The predicted molar refractivity (Wildman–Crippen MR) is 44.7 cm³/mol. The normalized spacial score (nSPS) is 21.4. The minimum Gasteiger partial charge on any atom is -0.343 e. The molecule has 1 aliphatic rings. The highest BCUT2D eigenvalue weighted by atomic mass is 14.9. The second-order valence-corrected chi connectivity index (χ2v) is 2.58. The summed E-state index contributed by atoms with van der Waals surface area (Å²) in [5, 5.41) is 0. The first kappa shape index (κ1) is 6.34. The van der Waals surface area contributed by atoms with E-state index in [1.54, 1.807) is 6.33 Å². The molecule has 0 spiro atoms. The Morgan fingerprint density at radius 2 is 2.45 bits per heavy atom. The standard InChI is InChI=1S/C8H9N3/c1-6-2-3-7-8(4-9-6)11-5-10-7/h2-6H,1H3,(H,10,11). The molecule has 1 atom stereocenters. The van der Waals surface area contributed by atoms with Crippen molar-refractivity contribution in [1.29, 1.82) is 0 Å². The molecule has 0 radical (unpaired) electrons. The SMILES string of the molecule is CC1C=Cc2nc[nH]c2C=N1. The summed E-state index contributed by atoms with van der Waals surface area (Å²) in [5.74, 6) is 0. The van der Waals surface area contributed by atoms with Gasteiger partial charge in [0.05, 0.1) is 23.8 Å². The quantitative estimate of drug-likeness (QED) is 0.589. The smallest absolute Gasteiger partial charge is 0.0932 e. The lowest BCUT2D eigenvalue weighted by molar-refractivity contribution is 0.939. The highest BCUT2D eigenvalue weighted by Crippen LogP contribution is 2.08. The number of aromatic nitrogens is 2.